The topological polar surface area (TPSA) is 43.1 Å². The van der Waals surface area contributed by atoms with Gasteiger partial charge >= 0.3 is 0 Å². The molecule has 0 heterocycles. The second kappa shape index (κ2) is 5.59. The first kappa shape index (κ1) is 13.8. The van der Waals surface area contributed by atoms with Gasteiger partial charge in [0, 0.05) is 19.2 Å². The second-order valence-corrected chi connectivity index (χ2v) is 6.20. The minimum Gasteiger partial charge on any atom is -0.398 e. The molecule has 2 aromatic rings. The van der Waals surface area contributed by atoms with E-state index in [9.17, 15) is 4.79 Å². The predicted octanol–water partition coefficient (Wildman–Crippen LogP) is 4.52. The monoisotopic (exact) mass is 435 g/mol. The number of carbonyl (C=O) groups is 1. The Kier molecular flexibility index (Phi) is 4.29. The van der Waals surface area contributed by atoms with Crippen molar-refractivity contribution in [3.05, 3.63) is 60.6 Å². The summed E-state index contributed by atoms with van der Waals surface area (Å²) in [5, 5.41) is 0.391. The van der Waals surface area contributed by atoms with Crippen LogP contribution in [0.25, 0.3) is 0 Å². The molecule has 92 valence electrons. The summed E-state index contributed by atoms with van der Waals surface area (Å²) in [6.07, 6.45) is 0. The standard InChI is InChI=1S/C13H8BrClINO/c14-10-3-2-8(16)6-9(10)13(18)7-1-4-12(17)11(15)5-7/h1-6H,17H2. The minimum absolute atomic E-state index is 0.0812. The molecule has 0 radical (unpaired) electrons. The SMILES string of the molecule is Nc1ccc(C(=O)c2cc(I)ccc2Br)cc1Cl. The van der Waals surface area contributed by atoms with E-state index in [1.165, 1.54) is 0 Å². The number of hydrogen-bond acceptors (Lipinski definition) is 2. The highest BCUT2D eigenvalue weighted by Gasteiger charge is 2.14. The number of nitrogens with two attached hydrogens (primary N) is 1. The van der Waals surface area contributed by atoms with E-state index in [-0.39, 0.29) is 5.78 Å². The number of anilines is 1. The molecule has 0 aromatic heterocycles. The first-order chi connectivity index (χ1) is 8.49. The molecule has 0 atom stereocenters. The maximum absolute atomic E-state index is 12.4. The quantitative estimate of drug-likeness (QED) is 0.427. The summed E-state index contributed by atoms with van der Waals surface area (Å²) >= 11 is 11.5. The summed E-state index contributed by atoms with van der Waals surface area (Å²) in [5.74, 6) is -0.0812. The highest BCUT2D eigenvalue weighted by atomic mass is 127. The molecule has 0 saturated heterocycles. The van der Waals surface area contributed by atoms with E-state index in [2.05, 4.69) is 38.5 Å². The van der Waals surface area contributed by atoms with E-state index in [1.807, 2.05) is 18.2 Å². The van der Waals surface area contributed by atoms with E-state index in [4.69, 9.17) is 17.3 Å². The van der Waals surface area contributed by atoms with Crippen LogP contribution in [0, 0.1) is 3.57 Å². The molecule has 0 bridgehead atoms. The Morgan fingerprint density at radius 1 is 1.22 bits per heavy atom. The van der Waals surface area contributed by atoms with Crippen LogP contribution in [-0.4, -0.2) is 5.78 Å². The van der Waals surface area contributed by atoms with Gasteiger partial charge in [0.15, 0.2) is 5.78 Å². The summed E-state index contributed by atoms with van der Waals surface area (Å²) in [6, 6.07) is 10.5. The molecular formula is C13H8BrClINO. The van der Waals surface area contributed by atoms with Crippen molar-refractivity contribution < 1.29 is 4.79 Å². The molecule has 0 unspecified atom stereocenters. The third kappa shape index (κ3) is 2.87. The van der Waals surface area contributed by atoms with Gasteiger partial charge < -0.3 is 5.73 Å². The van der Waals surface area contributed by atoms with E-state index in [0.717, 1.165) is 8.04 Å². The lowest BCUT2D eigenvalue weighted by Gasteiger charge is -2.06. The van der Waals surface area contributed by atoms with Gasteiger partial charge in [-0.25, -0.2) is 0 Å². The van der Waals surface area contributed by atoms with E-state index in [1.54, 1.807) is 18.2 Å². The zero-order valence-electron chi connectivity index (χ0n) is 9.08. The van der Waals surface area contributed by atoms with Gasteiger partial charge in [0.1, 0.15) is 0 Å². The zero-order chi connectivity index (χ0) is 13.3. The van der Waals surface area contributed by atoms with Crippen LogP contribution < -0.4 is 5.73 Å². The number of rotatable bonds is 2. The molecule has 0 fully saturated rings. The molecule has 0 amide bonds. The van der Waals surface area contributed by atoms with Crippen LogP contribution in [0.15, 0.2) is 40.9 Å². The van der Waals surface area contributed by atoms with Crippen LogP contribution in [0.4, 0.5) is 5.69 Å². The number of nitrogen functional groups attached to an aromatic ring is 1. The molecule has 0 saturated carbocycles. The fourth-order valence-corrected chi connectivity index (χ4v) is 2.59. The maximum Gasteiger partial charge on any atom is 0.194 e. The zero-order valence-corrected chi connectivity index (χ0v) is 13.6. The van der Waals surface area contributed by atoms with Crippen LogP contribution in [-0.2, 0) is 0 Å². The van der Waals surface area contributed by atoms with Crippen LogP contribution in [0.1, 0.15) is 15.9 Å². The molecule has 0 aliphatic heterocycles. The summed E-state index contributed by atoms with van der Waals surface area (Å²) in [7, 11) is 0. The molecule has 2 aromatic carbocycles. The predicted molar refractivity (Wildman–Crippen MR) is 86.2 cm³/mol. The Morgan fingerprint density at radius 3 is 2.61 bits per heavy atom. The first-order valence-electron chi connectivity index (χ1n) is 5.04. The van der Waals surface area contributed by atoms with Gasteiger partial charge in [-0.3, -0.25) is 4.79 Å². The van der Waals surface area contributed by atoms with Gasteiger partial charge in [-0.2, -0.15) is 0 Å². The molecule has 2 rings (SSSR count). The summed E-state index contributed by atoms with van der Waals surface area (Å²) in [6.45, 7) is 0. The lowest BCUT2D eigenvalue weighted by atomic mass is 10.0. The van der Waals surface area contributed by atoms with Crippen molar-refractivity contribution in [2.24, 2.45) is 0 Å². The molecule has 2 nitrogen and oxygen atoms in total. The van der Waals surface area contributed by atoms with E-state index in [0.29, 0.717) is 21.8 Å². The molecule has 0 aliphatic carbocycles. The van der Waals surface area contributed by atoms with Crippen LogP contribution >= 0.6 is 50.1 Å². The van der Waals surface area contributed by atoms with Crippen molar-refractivity contribution in [2.45, 2.75) is 0 Å². The van der Waals surface area contributed by atoms with Crippen LogP contribution in [0.2, 0.25) is 5.02 Å². The molecule has 5 heteroatoms. The maximum atomic E-state index is 12.4. The third-order valence-corrected chi connectivity index (χ3v) is 4.13. The van der Waals surface area contributed by atoms with Crippen molar-refractivity contribution in [2.75, 3.05) is 5.73 Å². The van der Waals surface area contributed by atoms with Gasteiger partial charge in [-0.1, -0.05) is 27.5 Å². The van der Waals surface area contributed by atoms with Crippen LogP contribution in [0.3, 0.4) is 0 Å². The molecule has 2 N–H and O–H groups in total. The Labute approximate surface area is 132 Å². The van der Waals surface area contributed by atoms with Gasteiger partial charge in [0.05, 0.1) is 10.7 Å². The summed E-state index contributed by atoms with van der Waals surface area (Å²) in [5.41, 5.74) is 7.23. The largest absolute Gasteiger partial charge is 0.398 e. The normalized spacial score (nSPS) is 10.4. The second-order valence-electron chi connectivity index (χ2n) is 3.69. The molecule has 18 heavy (non-hydrogen) atoms. The highest BCUT2D eigenvalue weighted by Crippen LogP contribution is 2.25. The van der Waals surface area contributed by atoms with Gasteiger partial charge in [-0.15, -0.1) is 0 Å². The average Bonchev–Trinajstić information content (AvgIpc) is 2.35. The lowest BCUT2D eigenvalue weighted by molar-refractivity contribution is 0.103. The van der Waals surface area contributed by atoms with Crippen molar-refractivity contribution in [3.8, 4) is 0 Å². The first-order valence-corrected chi connectivity index (χ1v) is 7.29. The number of hydrogen-bond donors (Lipinski definition) is 1. The fraction of sp³-hybridized carbons (Fsp3) is 0. The van der Waals surface area contributed by atoms with E-state index >= 15 is 0 Å². The van der Waals surface area contributed by atoms with Gasteiger partial charge in [0.2, 0.25) is 0 Å². The smallest absolute Gasteiger partial charge is 0.194 e. The summed E-state index contributed by atoms with van der Waals surface area (Å²) in [4.78, 5) is 12.4. The van der Waals surface area contributed by atoms with E-state index < -0.39 is 0 Å². The summed E-state index contributed by atoms with van der Waals surface area (Å²) < 4.78 is 1.77. The van der Waals surface area contributed by atoms with Crippen LogP contribution in [0.5, 0.6) is 0 Å². The van der Waals surface area contributed by atoms with Crippen molar-refractivity contribution >= 4 is 61.6 Å². The number of ketones is 1. The number of halogens is 3. The Hall–Kier alpha value is -0.590. The minimum atomic E-state index is -0.0812. The van der Waals surface area contributed by atoms with Gasteiger partial charge in [0.25, 0.3) is 0 Å². The Bertz CT molecular complexity index is 630. The lowest BCUT2D eigenvalue weighted by Crippen LogP contribution is -2.03. The Balaban J connectivity index is 2.47. The average molecular weight is 436 g/mol. The van der Waals surface area contributed by atoms with Crippen molar-refractivity contribution in [1.82, 2.24) is 0 Å². The van der Waals surface area contributed by atoms with Crippen molar-refractivity contribution in [3.63, 3.8) is 0 Å². The number of benzene rings is 2. The molecule has 0 aliphatic rings. The fourth-order valence-electron chi connectivity index (χ4n) is 1.50. The van der Waals surface area contributed by atoms with Crippen molar-refractivity contribution in [1.29, 1.82) is 0 Å². The highest BCUT2D eigenvalue weighted by molar-refractivity contribution is 14.1. The number of carbonyl (C=O) groups excluding carboxylic acids is 1. The molecule has 0 spiro atoms. The third-order valence-electron chi connectivity index (χ3n) is 2.44. The Morgan fingerprint density at radius 2 is 1.94 bits per heavy atom. The molecular weight excluding hydrogens is 428 g/mol. The van der Waals surface area contributed by atoms with Gasteiger partial charge in [-0.05, 0) is 59.0 Å².